The van der Waals surface area contributed by atoms with Gasteiger partial charge in [-0.1, -0.05) is 83.9 Å². The number of aromatic hydroxyl groups is 1. The van der Waals surface area contributed by atoms with Gasteiger partial charge in [0.1, 0.15) is 11.6 Å². The molecule has 3 rings (SSSR count). The fourth-order valence-corrected chi connectivity index (χ4v) is 4.15. The first-order valence-electron chi connectivity index (χ1n) is 14.6. The molecule has 0 aliphatic carbocycles. The summed E-state index contributed by atoms with van der Waals surface area (Å²) in [7, 11) is 1.77. The Hall–Kier alpha value is -3.25. The molecule has 2 N–H and O–H groups in total. The van der Waals surface area contributed by atoms with Gasteiger partial charge in [-0.25, -0.2) is 0 Å². The standard InChI is InChI=1S/C28H37N5O.C3H8.C2H6/c1-5-8-9-10-22(7-3)25(20-29-4)23-11-12-24(27(34)19-23)26-17-21(6-2)18-28(32-31-26)33-15-13-30-14-16-33;1-3-2;1-2/h5,8-12,17,19-20,30,34H,6-7,13-16,18H2,1-4H3;3H2,1-2H3;1-2H3/b8-5-,10-9-,25-22-,29-20?;;. The Labute approximate surface area is 237 Å². The fraction of sp³-hybridized carbons (Fsp3) is 0.485. The minimum atomic E-state index is 0.193. The van der Waals surface area contributed by atoms with E-state index in [2.05, 4.69) is 65.3 Å². The van der Waals surface area contributed by atoms with E-state index < -0.39 is 0 Å². The zero-order chi connectivity index (χ0) is 29.0. The number of allylic oxidation sites excluding steroid dienone is 7. The van der Waals surface area contributed by atoms with Crippen molar-refractivity contribution < 1.29 is 5.11 Å². The van der Waals surface area contributed by atoms with Crippen molar-refractivity contribution in [1.82, 2.24) is 10.2 Å². The molecule has 0 amide bonds. The maximum Gasteiger partial charge on any atom is 0.131 e. The molecule has 1 saturated heterocycles. The van der Waals surface area contributed by atoms with E-state index in [1.807, 2.05) is 57.3 Å². The first-order valence-corrected chi connectivity index (χ1v) is 14.6. The smallest absolute Gasteiger partial charge is 0.131 e. The summed E-state index contributed by atoms with van der Waals surface area (Å²) in [6.45, 7) is 18.3. The topological polar surface area (TPSA) is 72.6 Å². The highest BCUT2D eigenvalue weighted by Gasteiger charge is 2.19. The number of phenols is 1. The molecule has 0 spiro atoms. The zero-order valence-corrected chi connectivity index (χ0v) is 25.6. The van der Waals surface area contributed by atoms with Crippen LogP contribution in [0.2, 0.25) is 0 Å². The van der Waals surface area contributed by atoms with Crippen molar-refractivity contribution in [2.24, 2.45) is 15.2 Å². The molecule has 2 heterocycles. The molecule has 1 aromatic carbocycles. The third kappa shape index (κ3) is 10.8. The second-order valence-electron chi connectivity index (χ2n) is 9.08. The minimum absolute atomic E-state index is 0.193. The van der Waals surface area contributed by atoms with Crippen molar-refractivity contribution in [3.8, 4) is 5.75 Å². The van der Waals surface area contributed by atoms with Crippen molar-refractivity contribution in [2.75, 3.05) is 33.2 Å². The van der Waals surface area contributed by atoms with Crippen molar-refractivity contribution in [2.45, 2.75) is 74.1 Å². The fourth-order valence-electron chi connectivity index (χ4n) is 4.15. The molecule has 6 nitrogen and oxygen atoms in total. The van der Waals surface area contributed by atoms with Crippen molar-refractivity contribution in [3.63, 3.8) is 0 Å². The van der Waals surface area contributed by atoms with Crippen LogP contribution in [0.25, 0.3) is 5.57 Å². The van der Waals surface area contributed by atoms with Crippen LogP contribution in [0.5, 0.6) is 5.75 Å². The van der Waals surface area contributed by atoms with Crippen LogP contribution < -0.4 is 5.32 Å². The summed E-state index contributed by atoms with van der Waals surface area (Å²) in [6.07, 6.45) is 15.9. The average molecular weight is 534 g/mol. The van der Waals surface area contributed by atoms with Crippen molar-refractivity contribution in [1.29, 1.82) is 0 Å². The van der Waals surface area contributed by atoms with Gasteiger partial charge in [-0.2, -0.15) is 0 Å². The lowest BCUT2D eigenvalue weighted by Gasteiger charge is -2.29. The monoisotopic (exact) mass is 533 g/mol. The van der Waals surface area contributed by atoms with E-state index in [0.29, 0.717) is 11.3 Å². The number of nitrogens with one attached hydrogen (secondary N) is 1. The van der Waals surface area contributed by atoms with Crippen LogP contribution >= 0.6 is 0 Å². The van der Waals surface area contributed by atoms with Gasteiger partial charge in [0, 0.05) is 57.0 Å². The first kappa shape index (κ1) is 33.8. The van der Waals surface area contributed by atoms with Gasteiger partial charge in [0.2, 0.25) is 0 Å². The number of hydrogen-bond acceptors (Lipinski definition) is 6. The third-order valence-electron chi connectivity index (χ3n) is 6.11. The summed E-state index contributed by atoms with van der Waals surface area (Å²) in [5.74, 6) is 1.20. The van der Waals surface area contributed by atoms with E-state index in [0.717, 1.165) is 68.0 Å². The van der Waals surface area contributed by atoms with Crippen LogP contribution in [0.15, 0.2) is 74.9 Å². The van der Waals surface area contributed by atoms with Crippen LogP contribution in [0, 0.1) is 0 Å². The van der Waals surface area contributed by atoms with Gasteiger partial charge in [0.25, 0.3) is 0 Å². The molecule has 0 radical (unpaired) electrons. The average Bonchev–Trinajstić information content (AvgIpc) is 3.19. The summed E-state index contributed by atoms with van der Waals surface area (Å²) in [6, 6.07) is 5.77. The summed E-state index contributed by atoms with van der Waals surface area (Å²) >= 11 is 0. The lowest BCUT2D eigenvalue weighted by atomic mass is 9.95. The quantitative estimate of drug-likeness (QED) is 0.280. The van der Waals surface area contributed by atoms with E-state index in [1.54, 1.807) is 13.1 Å². The van der Waals surface area contributed by atoms with Gasteiger partial charge in [0.15, 0.2) is 0 Å². The van der Waals surface area contributed by atoms with E-state index in [1.165, 1.54) is 12.0 Å². The Bertz CT molecular complexity index is 1080. The molecule has 214 valence electrons. The molecular formula is C33H51N5O. The molecule has 6 heteroatoms. The zero-order valence-electron chi connectivity index (χ0n) is 25.6. The molecule has 2 aliphatic heterocycles. The summed E-state index contributed by atoms with van der Waals surface area (Å²) in [4.78, 5) is 6.57. The lowest BCUT2D eigenvalue weighted by molar-refractivity contribution is 0.352. The molecular weight excluding hydrogens is 482 g/mol. The Morgan fingerprint density at radius 2 is 1.77 bits per heavy atom. The predicted molar refractivity (Wildman–Crippen MR) is 172 cm³/mol. The Morgan fingerprint density at radius 1 is 1.08 bits per heavy atom. The predicted octanol–water partition coefficient (Wildman–Crippen LogP) is 7.58. The number of rotatable bonds is 7. The molecule has 39 heavy (non-hydrogen) atoms. The van der Waals surface area contributed by atoms with Crippen LogP contribution in [0.1, 0.15) is 85.3 Å². The third-order valence-corrected chi connectivity index (χ3v) is 6.11. The second-order valence-corrected chi connectivity index (χ2v) is 9.08. The number of phenolic OH excluding ortho intramolecular Hbond substituents is 1. The highest BCUT2D eigenvalue weighted by molar-refractivity contribution is 6.14. The van der Waals surface area contributed by atoms with E-state index in [-0.39, 0.29) is 5.75 Å². The van der Waals surface area contributed by atoms with Crippen LogP contribution in [-0.2, 0) is 0 Å². The largest absolute Gasteiger partial charge is 0.507 e. The maximum absolute atomic E-state index is 11.0. The first-order chi connectivity index (χ1) is 19.0. The molecule has 1 aromatic rings. The van der Waals surface area contributed by atoms with Gasteiger partial charge >= 0.3 is 0 Å². The van der Waals surface area contributed by atoms with Crippen LogP contribution in [0.4, 0.5) is 0 Å². The normalized spacial score (nSPS) is 16.5. The number of nitrogens with zero attached hydrogens (tertiary/aromatic N) is 4. The summed E-state index contributed by atoms with van der Waals surface area (Å²) in [5.41, 5.74) is 5.73. The highest BCUT2D eigenvalue weighted by Crippen LogP contribution is 2.28. The molecule has 0 aromatic heterocycles. The van der Waals surface area contributed by atoms with E-state index in [4.69, 9.17) is 0 Å². The van der Waals surface area contributed by atoms with Crippen LogP contribution in [-0.4, -0.2) is 61.0 Å². The van der Waals surface area contributed by atoms with Gasteiger partial charge in [0.05, 0.1) is 5.71 Å². The molecule has 0 bridgehead atoms. The lowest BCUT2D eigenvalue weighted by Crippen LogP contribution is -2.46. The Kier molecular flexibility index (Phi) is 17.1. The van der Waals surface area contributed by atoms with Gasteiger partial charge in [-0.3, -0.25) is 4.99 Å². The minimum Gasteiger partial charge on any atom is -0.507 e. The summed E-state index contributed by atoms with van der Waals surface area (Å²) in [5, 5.41) is 23.6. The van der Waals surface area contributed by atoms with E-state index in [9.17, 15) is 5.11 Å². The van der Waals surface area contributed by atoms with Gasteiger partial charge < -0.3 is 15.3 Å². The molecule has 0 unspecified atom stereocenters. The van der Waals surface area contributed by atoms with Crippen molar-refractivity contribution in [3.05, 3.63) is 70.9 Å². The van der Waals surface area contributed by atoms with Crippen molar-refractivity contribution >= 4 is 23.3 Å². The molecule has 1 fully saturated rings. The number of amidine groups is 1. The SMILES string of the molecule is CC.CCC.C\C=C/C=C\C(CC)=C(\C=NC)c1ccc(C2=NN=C(N3CCNCC3)CC(CC)=C2)c(O)c1. The highest BCUT2D eigenvalue weighted by atomic mass is 16.3. The number of piperazine rings is 1. The van der Waals surface area contributed by atoms with Gasteiger partial charge in [-0.15, -0.1) is 10.2 Å². The number of aliphatic imine (C=N–C) groups is 1. The second kappa shape index (κ2) is 19.8. The Balaban J connectivity index is 0.00000142. The van der Waals surface area contributed by atoms with Gasteiger partial charge in [-0.05, 0) is 49.1 Å². The molecule has 0 atom stereocenters. The van der Waals surface area contributed by atoms with Crippen LogP contribution in [0.3, 0.4) is 0 Å². The number of benzene rings is 1. The number of hydrogen-bond donors (Lipinski definition) is 2. The Morgan fingerprint density at radius 3 is 2.33 bits per heavy atom. The molecule has 0 saturated carbocycles. The van der Waals surface area contributed by atoms with E-state index >= 15 is 0 Å². The maximum atomic E-state index is 11.0. The summed E-state index contributed by atoms with van der Waals surface area (Å²) < 4.78 is 0. The molecule has 2 aliphatic rings.